The van der Waals surface area contributed by atoms with Crippen molar-refractivity contribution in [1.29, 1.82) is 0 Å². The smallest absolute Gasteiger partial charge is 0.258 e. The van der Waals surface area contributed by atoms with Crippen molar-refractivity contribution < 1.29 is 19.1 Å². The molecule has 106 valence electrons. The standard InChI is InChI=1S/C14H16N2O4/c1-16(10-7-8-12(17)15-13(10)18)14(19)9-5-3-4-6-11(9)20-2/h3-6,10H,7-8H2,1-2H3,(H,15,17,18). The minimum absolute atomic E-state index is 0.236. The molecule has 6 nitrogen and oxygen atoms in total. The first-order valence-electron chi connectivity index (χ1n) is 6.28. The summed E-state index contributed by atoms with van der Waals surface area (Å²) in [4.78, 5) is 36.7. The van der Waals surface area contributed by atoms with Crippen molar-refractivity contribution in [2.24, 2.45) is 0 Å². The Hall–Kier alpha value is -2.37. The Morgan fingerprint density at radius 3 is 2.70 bits per heavy atom. The molecule has 1 aliphatic heterocycles. The molecule has 0 aromatic heterocycles. The molecule has 0 aliphatic carbocycles. The average molecular weight is 276 g/mol. The molecule has 1 aromatic carbocycles. The number of imide groups is 1. The molecule has 1 heterocycles. The summed E-state index contributed by atoms with van der Waals surface area (Å²) in [5, 5.41) is 2.24. The number of nitrogens with one attached hydrogen (secondary N) is 1. The third-order valence-corrected chi connectivity index (χ3v) is 3.34. The van der Waals surface area contributed by atoms with Crippen LogP contribution in [-0.4, -0.2) is 42.8 Å². The fourth-order valence-corrected chi connectivity index (χ4v) is 2.20. The largest absolute Gasteiger partial charge is 0.496 e. The Bertz CT molecular complexity index is 556. The third kappa shape index (κ3) is 2.64. The number of methoxy groups -OCH3 is 1. The zero-order valence-corrected chi connectivity index (χ0v) is 11.4. The van der Waals surface area contributed by atoms with E-state index in [9.17, 15) is 14.4 Å². The summed E-state index contributed by atoms with van der Waals surface area (Å²) < 4.78 is 5.15. The second-order valence-corrected chi connectivity index (χ2v) is 4.58. The van der Waals surface area contributed by atoms with Gasteiger partial charge in [-0.2, -0.15) is 0 Å². The van der Waals surface area contributed by atoms with Gasteiger partial charge < -0.3 is 9.64 Å². The summed E-state index contributed by atoms with van der Waals surface area (Å²) in [7, 11) is 3.03. The van der Waals surface area contributed by atoms with Crippen LogP contribution in [0.3, 0.4) is 0 Å². The Morgan fingerprint density at radius 2 is 2.05 bits per heavy atom. The van der Waals surface area contributed by atoms with Gasteiger partial charge in [0.2, 0.25) is 11.8 Å². The lowest BCUT2D eigenvalue weighted by atomic mass is 10.0. The molecule has 1 saturated heterocycles. The van der Waals surface area contributed by atoms with Crippen molar-refractivity contribution in [1.82, 2.24) is 10.2 Å². The number of hydrogen-bond acceptors (Lipinski definition) is 4. The highest BCUT2D eigenvalue weighted by molar-refractivity contribution is 6.04. The summed E-state index contributed by atoms with van der Waals surface area (Å²) in [6, 6.07) is 6.19. The van der Waals surface area contributed by atoms with Gasteiger partial charge in [-0.1, -0.05) is 12.1 Å². The van der Waals surface area contributed by atoms with Crippen LogP contribution in [0, 0.1) is 0 Å². The number of carbonyl (C=O) groups excluding carboxylic acids is 3. The first kappa shape index (κ1) is 14.0. The van der Waals surface area contributed by atoms with Gasteiger partial charge in [0, 0.05) is 13.5 Å². The van der Waals surface area contributed by atoms with Crippen LogP contribution in [0.1, 0.15) is 23.2 Å². The zero-order chi connectivity index (χ0) is 14.7. The Labute approximate surface area is 116 Å². The van der Waals surface area contributed by atoms with Crippen molar-refractivity contribution in [3.63, 3.8) is 0 Å². The summed E-state index contributed by atoms with van der Waals surface area (Å²) in [6.45, 7) is 0. The van der Waals surface area contributed by atoms with Crippen LogP contribution in [0.4, 0.5) is 0 Å². The summed E-state index contributed by atoms with van der Waals surface area (Å²) in [5.74, 6) is -0.593. The molecule has 0 saturated carbocycles. The molecule has 0 radical (unpaired) electrons. The lowest BCUT2D eigenvalue weighted by Crippen LogP contribution is -2.52. The molecule has 1 aromatic rings. The highest BCUT2D eigenvalue weighted by Crippen LogP contribution is 2.21. The van der Waals surface area contributed by atoms with Crippen LogP contribution in [0.15, 0.2) is 24.3 Å². The highest BCUT2D eigenvalue weighted by Gasteiger charge is 2.33. The van der Waals surface area contributed by atoms with Gasteiger partial charge in [-0.05, 0) is 18.6 Å². The van der Waals surface area contributed by atoms with Crippen molar-refractivity contribution >= 4 is 17.7 Å². The average Bonchev–Trinajstić information content (AvgIpc) is 2.45. The molecule has 6 heteroatoms. The van der Waals surface area contributed by atoms with E-state index in [0.717, 1.165) is 0 Å². The Balaban J connectivity index is 2.20. The SMILES string of the molecule is COc1ccccc1C(=O)N(C)C1CCC(=O)NC1=O. The fourth-order valence-electron chi connectivity index (χ4n) is 2.20. The quantitative estimate of drug-likeness (QED) is 0.819. The molecule has 1 fully saturated rings. The summed E-state index contributed by atoms with van der Waals surface area (Å²) in [5.41, 5.74) is 0.391. The van der Waals surface area contributed by atoms with Crippen molar-refractivity contribution in [3.05, 3.63) is 29.8 Å². The van der Waals surface area contributed by atoms with Crippen molar-refractivity contribution in [2.75, 3.05) is 14.2 Å². The van der Waals surface area contributed by atoms with Crippen molar-refractivity contribution in [3.8, 4) is 5.75 Å². The number of amides is 3. The number of benzene rings is 1. The maximum Gasteiger partial charge on any atom is 0.258 e. The fraction of sp³-hybridized carbons (Fsp3) is 0.357. The lowest BCUT2D eigenvalue weighted by Gasteiger charge is -2.30. The normalized spacial score (nSPS) is 18.4. The van der Waals surface area contributed by atoms with Crippen LogP contribution in [0.25, 0.3) is 0 Å². The van der Waals surface area contributed by atoms with Crippen LogP contribution in [0.5, 0.6) is 5.75 Å². The molecule has 2 rings (SSSR count). The van der Waals surface area contributed by atoms with Gasteiger partial charge in [-0.15, -0.1) is 0 Å². The molecule has 1 atom stereocenters. The second kappa shape index (κ2) is 5.73. The third-order valence-electron chi connectivity index (χ3n) is 3.34. The maximum atomic E-state index is 12.4. The molecule has 1 aliphatic rings. The van der Waals surface area contributed by atoms with E-state index < -0.39 is 11.9 Å². The minimum atomic E-state index is -0.634. The van der Waals surface area contributed by atoms with E-state index >= 15 is 0 Å². The Morgan fingerprint density at radius 1 is 1.35 bits per heavy atom. The van der Waals surface area contributed by atoms with Crippen LogP contribution >= 0.6 is 0 Å². The van der Waals surface area contributed by atoms with Crippen LogP contribution in [-0.2, 0) is 9.59 Å². The molecule has 0 bridgehead atoms. The second-order valence-electron chi connectivity index (χ2n) is 4.58. The van der Waals surface area contributed by atoms with E-state index in [1.807, 2.05) is 0 Å². The molecule has 1 unspecified atom stereocenters. The maximum absolute atomic E-state index is 12.4. The molecule has 20 heavy (non-hydrogen) atoms. The monoisotopic (exact) mass is 276 g/mol. The van der Waals surface area contributed by atoms with Gasteiger partial charge >= 0.3 is 0 Å². The summed E-state index contributed by atoms with van der Waals surface area (Å²) >= 11 is 0. The molecule has 3 amide bonds. The van der Waals surface area contributed by atoms with Gasteiger partial charge in [0.25, 0.3) is 5.91 Å². The van der Waals surface area contributed by atoms with Gasteiger partial charge in [0.15, 0.2) is 0 Å². The predicted octanol–water partition coefficient (Wildman–Crippen LogP) is 0.572. The Kier molecular flexibility index (Phi) is 4.02. The molecule has 0 spiro atoms. The topological polar surface area (TPSA) is 75.7 Å². The number of piperidine rings is 1. The van der Waals surface area contributed by atoms with E-state index in [2.05, 4.69) is 5.32 Å². The van der Waals surface area contributed by atoms with Gasteiger partial charge in [-0.3, -0.25) is 19.7 Å². The van der Waals surface area contributed by atoms with E-state index in [1.165, 1.54) is 12.0 Å². The summed E-state index contributed by atoms with van der Waals surface area (Å²) in [6.07, 6.45) is 0.571. The lowest BCUT2D eigenvalue weighted by molar-refractivity contribution is -0.136. The number of para-hydroxylation sites is 1. The highest BCUT2D eigenvalue weighted by atomic mass is 16.5. The first-order chi connectivity index (χ1) is 9.54. The molecular formula is C14H16N2O4. The van der Waals surface area contributed by atoms with Crippen LogP contribution in [0.2, 0.25) is 0 Å². The van der Waals surface area contributed by atoms with E-state index in [1.54, 1.807) is 31.3 Å². The minimum Gasteiger partial charge on any atom is -0.496 e. The van der Waals surface area contributed by atoms with Gasteiger partial charge in [0.1, 0.15) is 11.8 Å². The van der Waals surface area contributed by atoms with Gasteiger partial charge in [0.05, 0.1) is 12.7 Å². The van der Waals surface area contributed by atoms with Crippen LogP contribution < -0.4 is 10.1 Å². The zero-order valence-electron chi connectivity index (χ0n) is 11.4. The number of rotatable bonds is 3. The number of nitrogens with zero attached hydrogens (tertiary/aromatic N) is 1. The number of hydrogen-bond donors (Lipinski definition) is 1. The molecule has 1 N–H and O–H groups in total. The first-order valence-corrected chi connectivity index (χ1v) is 6.28. The number of likely N-dealkylation sites (N-methyl/N-ethyl adjacent to an activating group) is 1. The number of ether oxygens (including phenoxy) is 1. The van der Waals surface area contributed by atoms with E-state index in [-0.39, 0.29) is 18.2 Å². The van der Waals surface area contributed by atoms with Crippen molar-refractivity contribution in [2.45, 2.75) is 18.9 Å². The number of carbonyl (C=O) groups is 3. The van der Waals surface area contributed by atoms with E-state index in [0.29, 0.717) is 17.7 Å². The van der Waals surface area contributed by atoms with E-state index in [4.69, 9.17) is 4.74 Å². The molecular weight excluding hydrogens is 260 g/mol. The van der Waals surface area contributed by atoms with Gasteiger partial charge in [-0.25, -0.2) is 0 Å². The predicted molar refractivity (Wildman–Crippen MR) is 71.3 cm³/mol.